The van der Waals surface area contributed by atoms with Gasteiger partial charge in [0.25, 0.3) is 0 Å². The van der Waals surface area contributed by atoms with E-state index in [1.165, 1.54) is 6.07 Å². The number of hydrogen-bond acceptors (Lipinski definition) is 5. The standard InChI is InChI=1S/C16H19FN4O/c1-10(8-18)9-21(4)12(3)16-19-15(20-22-16)13-6-5-11(2)14(17)7-13/h5-7,10,12H,9H2,1-4H3/t10-,12+/m1/s1. The summed E-state index contributed by atoms with van der Waals surface area (Å²) < 4.78 is 18.9. The molecule has 0 saturated heterocycles. The Morgan fingerprint density at radius 2 is 2.14 bits per heavy atom. The molecule has 0 unspecified atom stereocenters. The molecule has 1 aromatic carbocycles. The summed E-state index contributed by atoms with van der Waals surface area (Å²) in [6.45, 7) is 6.09. The van der Waals surface area contributed by atoms with Crippen LogP contribution in [0.1, 0.15) is 31.3 Å². The van der Waals surface area contributed by atoms with Crippen molar-refractivity contribution in [3.05, 3.63) is 35.5 Å². The van der Waals surface area contributed by atoms with E-state index in [9.17, 15) is 4.39 Å². The number of halogens is 1. The van der Waals surface area contributed by atoms with E-state index in [4.69, 9.17) is 9.78 Å². The molecule has 0 aliphatic carbocycles. The van der Waals surface area contributed by atoms with E-state index in [0.717, 1.165) is 0 Å². The second-order valence-electron chi connectivity index (χ2n) is 5.57. The van der Waals surface area contributed by atoms with Crippen molar-refractivity contribution in [2.75, 3.05) is 13.6 Å². The Bertz CT molecular complexity index is 692. The molecule has 2 aromatic rings. The number of aromatic nitrogens is 2. The highest BCUT2D eigenvalue weighted by molar-refractivity contribution is 5.54. The molecule has 0 aliphatic heterocycles. The van der Waals surface area contributed by atoms with Crippen LogP contribution in [0.25, 0.3) is 11.4 Å². The predicted molar refractivity (Wildman–Crippen MR) is 80.3 cm³/mol. The van der Waals surface area contributed by atoms with Crippen molar-refractivity contribution >= 4 is 0 Å². The summed E-state index contributed by atoms with van der Waals surface area (Å²) in [5.41, 5.74) is 1.16. The van der Waals surface area contributed by atoms with Gasteiger partial charge in [-0.05, 0) is 39.4 Å². The third kappa shape index (κ3) is 3.49. The fourth-order valence-corrected chi connectivity index (χ4v) is 2.07. The number of hydrogen-bond donors (Lipinski definition) is 0. The highest BCUT2D eigenvalue weighted by Crippen LogP contribution is 2.23. The van der Waals surface area contributed by atoms with Crippen molar-refractivity contribution in [3.8, 4) is 17.5 Å². The Labute approximate surface area is 129 Å². The fourth-order valence-electron chi connectivity index (χ4n) is 2.07. The topological polar surface area (TPSA) is 66.0 Å². The average Bonchev–Trinajstić information content (AvgIpc) is 2.98. The minimum absolute atomic E-state index is 0.0824. The maximum atomic E-state index is 13.6. The molecule has 1 heterocycles. The van der Waals surface area contributed by atoms with Crippen molar-refractivity contribution in [3.63, 3.8) is 0 Å². The number of nitriles is 1. The number of nitrogens with zero attached hydrogens (tertiary/aromatic N) is 4. The van der Waals surface area contributed by atoms with Gasteiger partial charge in [0.15, 0.2) is 0 Å². The van der Waals surface area contributed by atoms with Gasteiger partial charge >= 0.3 is 0 Å². The Kier molecular flexibility index (Phi) is 4.88. The van der Waals surface area contributed by atoms with Gasteiger partial charge in [-0.3, -0.25) is 4.90 Å². The van der Waals surface area contributed by atoms with Crippen molar-refractivity contribution in [1.82, 2.24) is 15.0 Å². The second kappa shape index (κ2) is 6.67. The Morgan fingerprint density at radius 3 is 2.77 bits per heavy atom. The van der Waals surface area contributed by atoms with Crippen LogP contribution in [0.5, 0.6) is 0 Å². The Hall–Kier alpha value is -2.26. The first kappa shape index (κ1) is 16.1. The summed E-state index contributed by atoms with van der Waals surface area (Å²) in [5, 5.41) is 12.8. The normalized spacial score (nSPS) is 13.9. The second-order valence-corrected chi connectivity index (χ2v) is 5.57. The van der Waals surface area contributed by atoms with Crippen LogP contribution in [0.4, 0.5) is 4.39 Å². The van der Waals surface area contributed by atoms with E-state index in [1.54, 1.807) is 19.1 Å². The third-order valence-corrected chi connectivity index (χ3v) is 3.67. The molecule has 0 spiro atoms. The minimum Gasteiger partial charge on any atom is -0.337 e. The molecule has 0 fully saturated rings. The minimum atomic E-state index is -0.295. The van der Waals surface area contributed by atoms with Crippen molar-refractivity contribution in [2.45, 2.75) is 26.8 Å². The first-order chi connectivity index (χ1) is 10.4. The third-order valence-electron chi connectivity index (χ3n) is 3.67. The van der Waals surface area contributed by atoms with Crippen LogP contribution in [-0.4, -0.2) is 28.6 Å². The van der Waals surface area contributed by atoms with Gasteiger partial charge in [0.2, 0.25) is 11.7 Å². The van der Waals surface area contributed by atoms with Crippen LogP contribution in [0.15, 0.2) is 22.7 Å². The monoisotopic (exact) mass is 302 g/mol. The van der Waals surface area contributed by atoms with Gasteiger partial charge in [-0.15, -0.1) is 0 Å². The maximum absolute atomic E-state index is 13.6. The zero-order chi connectivity index (χ0) is 16.3. The lowest BCUT2D eigenvalue weighted by Crippen LogP contribution is -2.27. The lowest BCUT2D eigenvalue weighted by atomic mass is 10.1. The molecule has 0 radical (unpaired) electrons. The molecule has 1 aromatic heterocycles. The molecule has 22 heavy (non-hydrogen) atoms. The largest absolute Gasteiger partial charge is 0.337 e. The summed E-state index contributed by atoms with van der Waals surface area (Å²) in [7, 11) is 1.90. The van der Waals surface area contributed by atoms with Gasteiger partial charge < -0.3 is 4.52 Å². The molecule has 2 rings (SSSR count). The van der Waals surface area contributed by atoms with E-state index in [0.29, 0.717) is 29.4 Å². The van der Waals surface area contributed by atoms with Gasteiger partial charge in [-0.25, -0.2) is 4.39 Å². The lowest BCUT2D eigenvalue weighted by molar-refractivity contribution is 0.198. The average molecular weight is 302 g/mol. The molecule has 0 amide bonds. The number of aryl methyl sites for hydroxylation is 1. The summed E-state index contributed by atoms with van der Waals surface area (Å²) in [6, 6.07) is 6.92. The first-order valence-corrected chi connectivity index (χ1v) is 7.12. The van der Waals surface area contributed by atoms with Crippen LogP contribution in [0.3, 0.4) is 0 Å². The van der Waals surface area contributed by atoms with Crippen LogP contribution < -0.4 is 0 Å². The highest BCUT2D eigenvalue weighted by Gasteiger charge is 2.20. The van der Waals surface area contributed by atoms with E-state index < -0.39 is 0 Å². The smallest absolute Gasteiger partial charge is 0.244 e. The highest BCUT2D eigenvalue weighted by atomic mass is 19.1. The lowest BCUT2D eigenvalue weighted by Gasteiger charge is -2.22. The molecule has 0 aliphatic rings. The van der Waals surface area contributed by atoms with Crippen LogP contribution >= 0.6 is 0 Å². The fraction of sp³-hybridized carbons (Fsp3) is 0.438. The van der Waals surface area contributed by atoms with E-state index in [1.807, 2.05) is 25.8 Å². The zero-order valence-electron chi connectivity index (χ0n) is 13.2. The summed E-state index contributed by atoms with van der Waals surface area (Å²) in [6.07, 6.45) is 0. The molecule has 6 heteroatoms. The maximum Gasteiger partial charge on any atom is 0.244 e. The van der Waals surface area contributed by atoms with Crippen LogP contribution in [-0.2, 0) is 0 Å². The van der Waals surface area contributed by atoms with Gasteiger partial charge in [0.05, 0.1) is 18.0 Å². The predicted octanol–water partition coefficient (Wildman–Crippen LogP) is 3.34. The van der Waals surface area contributed by atoms with Gasteiger partial charge in [-0.2, -0.15) is 10.2 Å². The number of benzene rings is 1. The molecular weight excluding hydrogens is 283 g/mol. The summed E-state index contributed by atoms with van der Waals surface area (Å²) in [5.74, 6) is 0.434. The Morgan fingerprint density at radius 1 is 1.41 bits per heavy atom. The molecule has 0 N–H and O–H groups in total. The summed E-state index contributed by atoms with van der Waals surface area (Å²) >= 11 is 0. The summed E-state index contributed by atoms with van der Waals surface area (Å²) in [4.78, 5) is 6.31. The zero-order valence-corrected chi connectivity index (χ0v) is 13.2. The Balaban J connectivity index is 2.17. The van der Waals surface area contributed by atoms with E-state index in [2.05, 4.69) is 16.2 Å². The molecule has 5 nitrogen and oxygen atoms in total. The van der Waals surface area contributed by atoms with Crippen molar-refractivity contribution in [2.24, 2.45) is 5.92 Å². The van der Waals surface area contributed by atoms with E-state index in [-0.39, 0.29) is 17.8 Å². The molecule has 0 saturated carbocycles. The van der Waals surface area contributed by atoms with Crippen LogP contribution in [0.2, 0.25) is 0 Å². The SMILES string of the molecule is Cc1ccc(-c2noc([C@H](C)N(C)C[C@H](C)C#N)n2)cc1F. The van der Waals surface area contributed by atoms with E-state index >= 15 is 0 Å². The van der Waals surface area contributed by atoms with Crippen molar-refractivity contribution in [1.29, 1.82) is 5.26 Å². The van der Waals surface area contributed by atoms with Crippen LogP contribution in [0, 0.1) is 30.0 Å². The molecule has 2 atom stereocenters. The first-order valence-electron chi connectivity index (χ1n) is 7.12. The molecule has 0 bridgehead atoms. The van der Waals surface area contributed by atoms with Gasteiger partial charge in [0, 0.05) is 12.1 Å². The quantitative estimate of drug-likeness (QED) is 0.847. The molecular formula is C16H19FN4O. The van der Waals surface area contributed by atoms with Crippen molar-refractivity contribution < 1.29 is 8.91 Å². The number of rotatable bonds is 5. The molecule has 116 valence electrons. The van der Waals surface area contributed by atoms with Gasteiger partial charge in [0.1, 0.15) is 5.82 Å². The van der Waals surface area contributed by atoms with Gasteiger partial charge in [-0.1, -0.05) is 17.3 Å².